The molecule has 13 heavy (non-hydrogen) atoms. The van der Waals surface area contributed by atoms with E-state index in [2.05, 4.69) is 12.3 Å². The van der Waals surface area contributed by atoms with Gasteiger partial charge in [-0.2, -0.15) is 0 Å². The van der Waals surface area contributed by atoms with Crippen LogP contribution >= 0.6 is 0 Å². The van der Waals surface area contributed by atoms with Crippen LogP contribution in [-0.2, 0) is 0 Å². The van der Waals surface area contributed by atoms with E-state index in [0.29, 0.717) is 11.3 Å². The maximum absolute atomic E-state index is 11.1. The molecule has 1 aromatic rings. The predicted octanol–water partition coefficient (Wildman–Crippen LogP) is 2.57. The summed E-state index contributed by atoms with van der Waals surface area (Å²) < 4.78 is 5.13. The molecule has 0 saturated carbocycles. The van der Waals surface area contributed by atoms with Gasteiger partial charge in [-0.1, -0.05) is 24.4 Å². The van der Waals surface area contributed by atoms with E-state index in [9.17, 15) is 4.79 Å². The van der Waals surface area contributed by atoms with Gasteiger partial charge in [0.05, 0.1) is 5.56 Å². The molecule has 0 bridgehead atoms. The van der Waals surface area contributed by atoms with Gasteiger partial charge in [-0.3, -0.25) is 4.79 Å². The van der Waals surface area contributed by atoms with Crippen LogP contribution in [-0.4, -0.2) is 5.78 Å². The number of ether oxygens (including phenoxy) is 1. The lowest BCUT2D eigenvalue weighted by molar-refractivity contribution is 0.101. The lowest BCUT2D eigenvalue weighted by Gasteiger charge is -2.03. The number of ketones is 1. The van der Waals surface area contributed by atoms with E-state index < -0.39 is 0 Å². The average molecular weight is 174 g/mol. The summed E-state index contributed by atoms with van der Waals surface area (Å²) in [6.07, 6.45) is 1.32. The first-order valence-electron chi connectivity index (χ1n) is 3.86. The fraction of sp³-hybridized carbons (Fsp3) is 0.0909. The molecule has 0 spiro atoms. The molecule has 0 aromatic heterocycles. The van der Waals surface area contributed by atoms with Crippen molar-refractivity contribution < 1.29 is 9.53 Å². The summed E-state index contributed by atoms with van der Waals surface area (Å²) in [7, 11) is 0. The number of Topliss-reactive ketones (excluding diaryl/α,β-unsaturated/α-hetero) is 1. The molecule has 0 aliphatic rings. The van der Waals surface area contributed by atoms with E-state index in [0.717, 1.165) is 0 Å². The maximum Gasteiger partial charge on any atom is 0.163 e. The number of benzene rings is 1. The Morgan fingerprint density at radius 2 is 2.23 bits per heavy atom. The number of rotatable bonds is 3. The van der Waals surface area contributed by atoms with Crippen LogP contribution in [0.2, 0.25) is 0 Å². The first-order valence-corrected chi connectivity index (χ1v) is 3.86. The highest BCUT2D eigenvalue weighted by molar-refractivity contribution is 5.96. The van der Waals surface area contributed by atoms with Gasteiger partial charge < -0.3 is 4.74 Å². The number of carbonyl (C=O) groups is 1. The highest BCUT2D eigenvalue weighted by Gasteiger charge is 2.05. The normalized spacial score (nSPS) is 8.69. The van der Waals surface area contributed by atoms with Crippen molar-refractivity contribution in [2.45, 2.75) is 6.92 Å². The number of carbonyl (C=O) groups excluding carboxylic acids is 1. The molecule has 0 atom stereocenters. The molecule has 0 radical (unpaired) electrons. The molecule has 0 saturated heterocycles. The van der Waals surface area contributed by atoms with Gasteiger partial charge in [-0.05, 0) is 19.1 Å². The quantitative estimate of drug-likeness (QED) is 0.400. The Labute approximate surface area is 77.2 Å². The molecule has 0 fully saturated rings. The second-order valence-corrected chi connectivity index (χ2v) is 2.49. The van der Waals surface area contributed by atoms with Crippen molar-refractivity contribution in [3.05, 3.63) is 48.4 Å². The predicted molar refractivity (Wildman–Crippen MR) is 50.8 cm³/mol. The molecular formula is C11H10O2. The smallest absolute Gasteiger partial charge is 0.163 e. The summed E-state index contributed by atoms with van der Waals surface area (Å²) >= 11 is 0. The third kappa shape index (κ3) is 2.32. The zero-order valence-electron chi connectivity index (χ0n) is 7.41. The van der Waals surface area contributed by atoms with Crippen molar-refractivity contribution >= 4 is 5.78 Å². The molecule has 1 rings (SSSR count). The number of para-hydroxylation sites is 1. The molecule has 66 valence electrons. The van der Waals surface area contributed by atoms with Gasteiger partial charge in [0.25, 0.3) is 0 Å². The van der Waals surface area contributed by atoms with Crippen LogP contribution in [0.3, 0.4) is 0 Å². The largest absolute Gasteiger partial charge is 0.456 e. The maximum atomic E-state index is 11.1. The molecular weight excluding hydrogens is 164 g/mol. The molecule has 0 heterocycles. The minimum atomic E-state index is -0.0203. The van der Waals surface area contributed by atoms with Gasteiger partial charge in [0.2, 0.25) is 0 Å². The standard InChI is InChI=1S/C11H10O2/c1-3-8-13-11-7-5-4-6-10(11)9(2)12/h4-8H,1H2,2H3. The fourth-order valence-electron chi connectivity index (χ4n) is 0.965. The van der Waals surface area contributed by atoms with Crippen molar-refractivity contribution in [1.29, 1.82) is 0 Å². The topological polar surface area (TPSA) is 26.3 Å². The van der Waals surface area contributed by atoms with Gasteiger partial charge in [0.15, 0.2) is 5.78 Å². The summed E-state index contributed by atoms with van der Waals surface area (Å²) in [5.74, 6) is 0.513. The highest BCUT2D eigenvalue weighted by atomic mass is 16.5. The van der Waals surface area contributed by atoms with Crippen molar-refractivity contribution in [2.24, 2.45) is 0 Å². The first kappa shape index (κ1) is 9.30. The third-order valence-corrected chi connectivity index (χ3v) is 1.54. The SMILES string of the molecule is C=C=COc1ccccc1C(C)=O. The monoisotopic (exact) mass is 174 g/mol. The second kappa shape index (κ2) is 4.29. The molecule has 0 N–H and O–H groups in total. The fourth-order valence-corrected chi connectivity index (χ4v) is 0.965. The van der Waals surface area contributed by atoms with Crippen LogP contribution in [0.25, 0.3) is 0 Å². The zero-order valence-corrected chi connectivity index (χ0v) is 7.41. The van der Waals surface area contributed by atoms with E-state index in [1.165, 1.54) is 13.2 Å². The van der Waals surface area contributed by atoms with Crippen LogP contribution in [0.1, 0.15) is 17.3 Å². The van der Waals surface area contributed by atoms with E-state index in [1.54, 1.807) is 24.3 Å². The Morgan fingerprint density at radius 3 is 2.85 bits per heavy atom. The van der Waals surface area contributed by atoms with E-state index >= 15 is 0 Å². The lowest BCUT2D eigenvalue weighted by atomic mass is 10.1. The Kier molecular flexibility index (Phi) is 3.07. The second-order valence-electron chi connectivity index (χ2n) is 2.49. The number of hydrogen-bond acceptors (Lipinski definition) is 2. The first-order chi connectivity index (χ1) is 6.25. The Morgan fingerprint density at radius 1 is 1.54 bits per heavy atom. The highest BCUT2D eigenvalue weighted by Crippen LogP contribution is 2.18. The van der Waals surface area contributed by atoms with Crippen molar-refractivity contribution in [2.75, 3.05) is 0 Å². The van der Waals surface area contributed by atoms with Gasteiger partial charge in [-0.25, -0.2) is 0 Å². The minimum absolute atomic E-state index is 0.0203. The summed E-state index contributed by atoms with van der Waals surface area (Å²) in [6, 6.07) is 7.04. The summed E-state index contributed by atoms with van der Waals surface area (Å²) in [5.41, 5.74) is 3.04. The summed E-state index contributed by atoms with van der Waals surface area (Å²) in [5, 5.41) is 0. The molecule has 2 nitrogen and oxygen atoms in total. The summed E-state index contributed by atoms with van der Waals surface area (Å²) in [4.78, 5) is 11.1. The summed E-state index contributed by atoms with van der Waals surface area (Å²) in [6.45, 7) is 4.86. The van der Waals surface area contributed by atoms with E-state index in [4.69, 9.17) is 4.74 Å². The number of hydrogen-bond donors (Lipinski definition) is 0. The van der Waals surface area contributed by atoms with Crippen LogP contribution < -0.4 is 4.74 Å². The average Bonchev–Trinajstić information content (AvgIpc) is 2.15. The Bertz CT molecular complexity index is 360. The van der Waals surface area contributed by atoms with Gasteiger partial charge >= 0.3 is 0 Å². The van der Waals surface area contributed by atoms with Crippen molar-refractivity contribution in [3.63, 3.8) is 0 Å². The van der Waals surface area contributed by atoms with Gasteiger partial charge in [0, 0.05) is 0 Å². The van der Waals surface area contributed by atoms with E-state index in [1.807, 2.05) is 0 Å². The molecule has 0 aliphatic carbocycles. The van der Waals surface area contributed by atoms with Crippen LogP contribution in [0.5, 0.6) is 5.75 Å². The molecule has 0 amide bonds. The van der Waals surface area contributed by atoms with E-state index in [-0.39, 0.29) is 5.78 Å². The van der Waals surface area contributed by atoms with Crippen molar-refractivity contribution in [1.82, 2.24) is 0 Å². The minimum Gasteiger partial charge on any atom is -0.456 e. The lowest BCUT2D eigenvalue weighted by Crippen LogP contribution is -1.95. The van der Waals surface area contributed by atoms with Gasteiger partial charge in [0.1, 0.15) is 12.0 Å². The van der Waals surface area contributed by atoms with Gasteiger partial charge in [-0.15, -0.1) is 0 Å². The van der Waals surface area contributed by atoms with Crippen LogP contribution in [0.4, 0.5) is 0 Å². The van der Waals surface area contributed by atoms with Crippen LogP contribution in [0, 0.1) is 0 Å². The molecule has 2 heteroatoms. The van der Waals surface area contributed by atoms with Crippen molar-refractivity contribution in [3.8, 4) is 5.75 Å². The Balaban J connectivity index is 3.04. The third-order valence-electron chi connectivity index (χ3n) is 1.54. The molecule has 1 aromatic carbocycles. The van der Waals surface area contributed by atoms with Crippen LogP contribution in [0.15, 0.2) is 42.8 Å². The molecule has 0 unspecified atom stereocenters. The Hall–Kier alpha value is -1.79. The zero-order chi connectivity index (χ0) is 9.68. The molecule has 0 aliphatic heterocycles.